The number of carbonyl (C=O) groups is 1. The Kier molecular flexibility index (Phi) is 5.53. The number of fused-ring (bicyclic) bond motifs is 1. The first-order valence-corrected chi connectivity index (χ1v) is 10.2. The van der Waals surface area contributed by atoms with Crippen LogP contribution in [0.5, 0.6) is 0 Å². The van der Waals surface area contributed by atoms with Gasteiger partial charge in [-0.3, -0.25) is 4.79 Å². The average Bonchev–Trinajstić information content (AvgIpc) is 2.90. The van der Waals surface area contributed by atoms with Gasteiger partial charge in [0, 0.05) is 43.8 Å². The number of benzene rings is 1. The maximum atomic E-state index is 12.7. The molecule has 1 fully saturated rings. The maximum absolute atomic E-state index is 12.7. The number of aromatic nitrogens is 2. The smallest absolute Gasteiger partial charge is 0.269 e. The van der Waals surface area contributed by atoms with Gasteiger partial charge in [-0.2, -0.15) is 0 Å². The molecule has 6 heteroatoms. The fourth-order valence-corrected chi connectivity index (χ4v) is 4.25. The Labute approximate surface area is 170 Å². The van der Waals surface area contributed by atoms with Gasteiger partial charge in [0.25, 0.3) is 5.91 Å². The SMILES string of the molecule is Cn1c(C(=O)NCc2ccc(N3CCCCCC3)nc2)c(Cl)c2ccccc21. The maximum Gasteiger partial charge on any atom is 0.269 e. The minimum atomic E-state index is -0.180. The molecule has 3 heterocycles. The lowest BCUT2D eigenvalue weighted by molar-refractivity contribution is 0.0943. The molecule has 3 aromatic rings. The van der Waals surface area contributed by atoms with Gasteiger partial charge in [-0.25, -0.2) is 4.98 Å². The summed E-state index contributed by atoms with van der Waals surface area (Å²) in [5.41, 5.74) is 2.40. The molecule has 4 rings (SSSR count). The number of amides is 1. The number of halogens is 1. The third-order valence-corrected chi connectivity index (χ3v) is 5.84. The van der Waals surface area contributed by atoms with E-state index in [0.717, 1.165) is 35.4 Å². The Morgan fingerprint density at radius 2 is 1.86 bits per heavy atom. The van der Waals surface area contributed by atoms with Crippen LogP contribution < -0.4 is 10.2 Å². The Morgan fingerprint density at radius 1 is 1.11 bits per heavy atom. The zero-order chi connectivity index (χ0) is 19.5. The van der Waals surface area contributed by atoms with Crippen LogP contribution in [0, 0.1) is 0 Å². The lowest BCUT2D eigenvalue weighted by Crippen LogP contribution is -2.26. The summed E-state index contributed by atoms with van der Waals surface area (Å²) in [7, 11) is 1.86. The first-order valence-electron chi connectivity index (χ1n) is 9.86. The molecule has 0 aliphatic carbocycles. The molecule has 0 spiro atoms. The van der Waals surface area contributed by atoms with E-state index in [9.17, 15) is 4.79 Å². The lowest BCUT2D eigenvalue weighted by Gasteiger charge is -2.21. The molecule has 0 atom stereocenters. The third-order valence-electron chi connectivity index (χ3n) is 5.45. The van der Waals surface area contributed by atoms with Gasteiger partial charge in [0.05, 0.1) is 5.02 Å². The highest BCUT2D eigenvalue weighted by molar-refractivity contribution is 6.38. The normalized spacial score (nSPS) is 14.9. The van der Waals surface area contributed by atoms with E-state index in [4.69, 9.17) is 11.6 Å². The van der Waals surface area contributed by atoms with E-state index in [-0.39, 0.29) is 5.91 Å². The summed E-state index contributed by atoms with van der Waals surface area (Å²) >= 11 is 6.46. The van der Waals surface area contributed by atoms with E-state index < -0.39 is 0 Å². The number of pyridine rings is 1. The van der Waals surface area contributed by atoms with Crippen LogP contribution in [0.3, 0.4) is 0 Å². The van der Waals surface area contributed by atoms with Crippen LogP contribution in [-0.2, 0) is 13.6 Å². The number of para-hydroxylation sites is 1. The van der Waals surface area contributed by atoms with Gasteiger partial charge in [-0.1, -0.05) is 48.7 Å². The van der Waals surface area contributed by atoms with E-state index in [1.54, 1.807) is 0 Å². The van der Waals surface area contributed by atoms with Gasteiger partial charge in [-0.15, -0.1) is 0 Å². The van der Waals surface area contributed by atoms with Crippen molar-refractivity contribution in [2.45, 2.75) is 32.2 Å². The molecule has 1 N–H and O–H groups in total. The number of rotatable bonds is 4. The number of aryl methyl sites for hydroxylation is 1. The summed E-state index contributed by atoms with van der Waals surface area (Å²) < 4.78 is 1.84. The second-order valence-corrected chi connectivity index (χ2v) is 7.73. The molecule has 28 heavy (non-hydrogen) atoms. The molecule has 146 valence electrons. The quantitative estimate of drug-likeness (QED) is 0.704. The van der Waals surface area contributed by atoms with Crippen molar-refractivity contribution in [1.29, 1.82) is 0 Å². The van der Waals surface area contributed by atoms with Crippen molar-refractivity contribution in [2.24, 2.45) is 7.05 Å². The van der Waals surface area contributed by atoms with Crippen molar-refractivity contribution in [2.75, 3.05) is 18.0 Å². The Morgan fingerprint density at radius 3 is 2.54 bits per heavy atom. The molecule has 1 aliphatic rings. The number of carbonyl (C=O) groups excluding carboxylic acids is 1. The van der Waals surface area contributed by atoms with E-state index in [2.05, 4.69) is 21.3 Å². The number of hydrogen-bond donors (Lipinski definition) is 1. The number of nitrogens with one attached hydrogen (secondary N) is 1. The standard InChI is InChI=1S/C22H25ClN4O/c1-26-18-9-5-4-8-17(18)20(23)21(26)22(28)25-15-16-10-11-19(24-14-16)27-12-6-2-3-7-13-27/h4-5,8-11,14H,2-3,6-7,12-13,15H2,1H3,(H,25,28). The van der Waals surface area contributed by atoms with Crippen LogP contribution in [0.2, 0.25) is 5.02 Å². The Bertz CT molecular complexity index is 933. The molecule has 0 bridgehead atoms. The van der Waals surface area contributed by atoms with E-state index in [1.165, 1.54) is 25.7 Å². The summed E-state index contributed by atoms with van der Waals surface area (Å²) in [4.78, 5) is 19.7. The van der Waals surface area contributed by atoms with Crippen molar-refractivity contribution in [3.05, 3.63) is 58.9 Å². The van der Waals surface area contributed by atoms with E-state index >= 15 is 0 Å². The van der Waals surface area contributed by atoms with Crippen LogP contribution in [-0.4, -0.2) is 28.5 Å². The number of hydrogen-bond acceptors (Lipinski definition) is 3. The summed E-state index contributed by atoms with van der Waals surface area (Å²) in [5.74, 6) is 0.842. The second-order valence-electron chi connectivity index (χ2n) is 7.35. The predicted molar refractivity (Wildman–Crippen MR) is 114 cm³/mol. The molecule has 1 amide bonds. The highest BCUT2D eigenvalue weighted by Gasteiger charge is 2.19. The van der Waals surface area contributed by atoms with Crippen molar-refractivity contribution >= 4 is 34.2 Å². The van der Waals surface area contributed by atoms with Crippen molar-refractivity contribution in [1.82, 2.24) is 14.9 Å². The molecule has 0 radical (unpaired) electrons. The van der Waals surface area contributed by atoms with Crippen LogP contribution >= 0.6 is 11.6 Å². The van der Waals surface area contributed by atoms with E-state index in [1.807, 2.05) is 48.1 Å². The monoisotopic (exact) mass is 396 g/mol. The summed E-state index contributed by atoms with van der Waals surface area (Å²) in [6.45, 7) is 2.56. The molecule has 1 aliphatic heterocycles. The predicted octanol–water partition coefficient (Wildman–Crippen LogP) is 4.54. The van der Waals surface area contributed by atoms with Crippen LogP contribution in [0.15, 0.2) is 42.6 Å². The molecular formula is C22H25ClN4O. The van der Waals surface area contributed by atoms with Crippen molar-refractivity contribution < 1.29 is 4.79 Å². The van der Waals surface area contributed by atoms with Crippen molar-refractivity contribution in [3.8, 4) is 0 Å². The second kappa shape index (κ2) is 8.23. The Hall–Kier alpha value is -2.53. The number of nitrogens with zero attached hydrogens (tertiary/aromatic N) is 3. The van der Waals surface area contributed by atoms with Gasteiger partial charge >= 0.3 is 0 Å². The van der Waals surface area contributed by atoms with Gasteiger partial charge in [-0.05, 0) is 30.5 Å². The molecule has 1 saturated heterocycles. The summed E-state index contributed by atoms with van der Waals surface area (Å²) in [5, 5.41) is 4.35. The molecular weight excluding hydrogens is 372 g/mol. The highest BCUT2D eigenvalue weighted by Crippen LogP contribution is 2.29. The van der Waals surface area contributed by atoms with Gasteiger partial charge < -0.3 is 14.8 Å². The average molecular weight is 397 g/mol. The Balaban J connectivity index is 1.44. The van der Waals surface area contributed by atoms with E-state index in [0.29, 0.717) is 17.3 Å². The zero-order valence-electron chi connectivity index (χ0n) is 16.1. The van der Waals surface area contributed by atoms with Crippen molar-refractivity contribution in [3.63, 3.8) is 0 Å². The number of anilines is 1. The fraction of sp³-hybridized carbons (Fsp3) is 0.364. The molecule has 0 unspecified atom stereocenters. The topological polar surface area (TPSA) is 50.2 Å². The van der Waals surface area contributed by atoms with Gasteiger partial charge in [0.2, 0.25) is 0 Å². The first kappa shape index (κ1) is 18.8. The van der Waals surface area contributed by atoms with Gasteiger partial charge in [0.1, 0.15) is 11.5 Å². The minimum absolute atomic E-state index is 0.180. The third kappa shape index (κ3) is 3.72. The highest BCUT2D eigenvalue weighted by atomic mass is 35.5. The fourth-order valence-electron chi connectivity index (χ4n) is 3.87. The molecule has 5 nitrogen and oxygen atoms in total. The zero-order valence-corrected chi connectivity index (χ0v) is 16.9. The first-order chi connectivity index (χ1) is 13.6. The van der Waals surface area contributed by atoms with Gasteiger partial charge in [0.15, 0.2) is 0 Å². The minimum Gasteiger partial charge on any atom is -0.357 e. The molecule has 0 saturated carbocycles. The molecule has 1 aromatic carbocycles. The molecule has 2 aromatic heterocycles. The van der Waals surface area contributed by atoms with Crippen LogP contribution in [0.1, 0.15) is 41.7 Å². The lowest BCUT2D eigenvalue weighted by atomic mass is 10.2. The van der Waals surface area contributed by atoms with Crippen LogP contribution in [0.25, 0.3) is 10.9 Å². The summed E-state index contributed by atoms with van der Waals surface area (Å²) in [6, 6.07) is 11.8. The largest absolute Gasteiger partial charge is 0.357 e. The summed E-state index contributed by atoms with van der Waals surface area (Å²) in [6.07, 6.45) is 6.91. The van der Waals surface area contributed by atoms with Crippen LogP contribution in [0.4, 0.5) is 5.82 Å².